The molecule has 2 aliphatic rings. The molecule has 1 aliphatic carbocycles. The van der Waals surface area contributed by atoms with Crippen molar-refractivity contribution in [2.24, 2.45) is 11.7 Å². The Kier molecular flexibility index (Phi) is 4.79. The zero-order valence-electron chi connectivity index (χ0n) is 11.1. The Balaban J connectivity index is 1.97. The van der Waals surface area contributed by atoms with Crippen LogP contribution in [0.3, 0.4) is 0 Å². The number of hydrogen-bond donors (Lipinski definition) is 1. The van der Waals surface area contributed by atoms with Crippen molar-refractivity contribution in [2.45, 2.75) is 43.9 Å². The van der Waals surface area contributed by atoms with Crippen molar-refractivity contribution in [3.05, 3.63) is 0 Å². The first-order valence-corrected chi connectivity index (χ1v) is 6.79. The molecule has 1 saturated carbocycles. The van der Waals surface area contributed by atoms with Crippen LogP contribution in [0.5, 0.6) is 0 Å². The van der Waals surface area contributed by atoms with Crippen molar-refractivity contribution in [1.29, 1.82) is 0 Å². The molecular formula is C13H26N2O2. The molecule has 1 heterocycles. The van der Waals surface area contributed by atoms with E-state index in [0.29, 0.717) is 12.0 Å². The van der Waals surface area contributed by atoms with E-state index in [9.17, 15) is 0 Å². The SMILES string of the molecule is COC1CN(C2CCCCC2CN)CC1OC. The molecule has 2 rings (SSSR count). The van der Waals surface area contributed by atoms with Crippen LogP contribution in [-0.4, -0.2) is 57.0 Å². The molecule has 17 heavy (non-hydrogen) atoms. The van der Waals surface area contributed by atoms with Crippen molar-refractivity contribution in [3.8, 4) is 0 Å². The molecule has 100 valence electrons. The van der Waals surface area contributed by atoms with E-state index in [1.807, 2.05) is 0 Å². The predicted octanol–water partition coefficient (Wildman–Crippen LogP) is 0.850. The van der Waals surface area contributed by atoms with E-state index in [4.69, 9.17) is 15.2 Å². The van der Waals surface area contributed by atoms with Gasteiger partial charge in [-0.05, 0) is 25.3 Å². The Morgan fingerprint density at radius 2 is 1.65 bits per heavy atom. The van der Waals surface area contributed by atoms with Crippen LogP contribution >= 0.6 is 0 Å². The second-order valence-electron chi connectivity index (χ2n) is 5.35. The number of rotatable bonds is 4. The van der Waals surface area contributed by atoms with Crippen molar-refractivity contribution < 1.29 is 9.47 Å². The molecule has 4 unspecified atom stereocenters. The van der Waals surface area contributed by atoms with Gasteiger partial charge < -0.3 is 15.2 Å². The van der Waals surface area contributed by atoms with E-state index in [2.05, 4.69) is 4.90 Å². The maximum absolute atomic E-state index is 5.91. The summed E-state index contributed by atoms with van der Waals surface area (Å²) >= 11 is 0. The summed E-state index contributed by atoms with van der Waals surface area (Å²) in [6.07, 6.45) is 5.70. The van der Waals surface area contributed by atoms with E-state index in [0.717, 1.165) is 19.6 Å². The van der Waals surface area contributed by atoms with Crippen molar-refractivity contribution in [1.82, 2.24) is 4.90 Å². The highest BCUT2D eigenvalue weighted by molar-refractivity contribution is 4.93. The monoisotopic (exact) mass is 242 g/mol. The third kappa shape index (κ3) is 2.81. The summed E-state index contributed by atoms with van der Waals surface area (Å²) in [4.78, 5) is 2.54. The van der Waals surface area contributed by atoms with Crippen LogP contribution in [0, 0.1) is 5.92 Å². The molecule has 2 fully saturated rings. The van der Waals surface area contributed by atoms with Crippen molar-refractivity contribution >= 4 is 0 Å². The van der Waals surface area contributed by atoms with Crippen molar-refractivity contribution in [3.63, 3.8) is 0 Å². The Bertz CT molecular complexity index is 225. The largest absolute Gasteiger partial charge is 0.377 e. The molecule has 0 aromatic heterocycles. The number of ether oxygens (including phenoxy) is 2. The average Bonchev–Trinajstić information content (AvgIpc) is 2.81. The molecule has 0 bridgehead atoms. The number of hydrogen-bond acceptors (Lipinski definition) is 4. The first-order valence-electron chi connectivity index (χ1n) is 6.79. The summed E-state index contributed by atoms with van der Waals surface area (Å²) in [5.41, 5.74) is 5.91. The summed E-state index contributed by atoms with van der Waals surface area (Å²) in [5, 5.41) is 0. The fourth-order valence-electron chi connectivity index (χ4n) is 3.44. The van der Waals surface area contributed by atoms with Gasteiger partial charge >= 0.3 is 0 Å². The van der Waals surface area contributed by atoms with E-state index in [1.165, 1.54) is 25.7 Å². The second kappa shape index (κ2) is 6.14. The zero-order chi connectivity index (χ0) is 12.3. The summed E-state index contributed by atoms with van der Waals surface area (Å²) < 4.78 is 11.0. The lowest BCUT2D eigenvalue weighted by Gasteiger charge is -2.37. The first-order chi connectivity index (χ1) is 8.30. The molecule has 0 spiro atoms. The van der Waals surface area contributed by atoms with Gasteiger partial charge in [-0.2, -0.15) is 0 Å². The Morgan fingerprint density at radius 1 is 1.06 bits per heavy atom. The highest BCUT2D eigenvalue weighted by atomic mass is 16.5. The van der Waals surface area contributed by atoms with Crippen molar-refractivity contribution in [2.75, 3.05) is 33.9 Å². The van der Waals surface area contributed by atoms with Gasteiger partial charge in [0.05, 0.1) is 12.2 Å². The van der Waals surface area contributed by atoms with Crippen LogP contribution < -0.4 is 5.73 Å². The normalized spacial score (nSPS) is 39.7. The fourth-order valence-corrected chi connectivity index (χ4v) is 3.44. The maximum Gasteiger partial charge on any atom is 0.0971 e. The quantitative estimate of drug-likeness (QED) is 0.794. The summed E-state index contributed by atoms with van der Waals surface area (Å²) in [5.74, 6) is 0.664. The molecule has 0 radical (unpaired) electrons. The molecule has 2 N–H and O–H groups in total. The van der Waals surface area contributed by atoms with Gasteiger partial charge in [-0.3, -0.25) is 4.90 Å². The number of likely N-dealkylation sites (tertiary alicyclic amines) is 1. The second-order valence-corrected chi connectivity index (χ2v) is 5.35. The van der Waals surface area contributed by atoms with Gasteiger partial charge in [-0.25, -0.2) is 0 Å². The minimum atomic E-state index is 0.223. The molecule has 1 saturated heterocycles. The van der Waals surface area contributed by atoms with Gasteiger partial charge in [-0.1, -0.05) is 12.8 Å². The van der Waals surface area contributed by atoms with E-state index >= 15 is 0 Å². The first kappa shape index (κ1) is 13.3. The molecular weight excluding hydrogens is 216 g/mol. The topological polar surface area (TPSA) is 47.7 Å². The van der Waals surface area contributed by atoms with Gasteiger partial charge in [0.2, 0.25) is 0 Å². The Hall–Kier alpha value is -0.160. The molecule has 1 aliphatic heterocycles. The van der Waals surface area contributed by atoms with E-state index < -0.39 is 0 Å². The van der Waals surface area contributed by atoms with Crippen LogP contribution in [0.1, 0.15) is 25.7 Å². The van der Waals surface area contributed by atoms with Crippen LogP contribution in [0.4, 0.5) is 0 Å². The lowest BCUT2D eigenvalue weighted by Crippen LogP contribution is -2.44. The number of methoxy groups -OCH3 is 2. The average molecular weight is 242 g/mol. The maximum atomic E-state index is 5.91. The molecule has 4 heteroatoms. The highest BCUT2D eigenvalue weighted by Crippen LogP contribution is 2.31. The standard InChI is InChI=1S/C13H26N2O2/c1-16-12-8-15(9-13(12)17-2)11-6-4-3-5-10(11)7-14/h10-13H,3-9,14H2,1-2H3. The Morgan fingerprint density at radius 3 is 2.18 bits per heavy atom. The molecule has 0 aromatic carbocycles. The van der Waals surface area contributed by atoms with Gasteiger partial charge in [-0.15, -0.1) is 0 Å². The number of nitrogens with two attached hydrogens (primary N) is 1. The molecule has 0 amide bonds. The van der Waals surface area contributed by atoms with Gasteiger partial charge in [0.15, 0.2) is 0 Å². The highest BCUT2D eigenvalue weighted by Gasteiger charge is 2.39. The minimum Gasteiger partial charge on any atom is -0.377 e. The van der Waals surface area contributed by atoms with Crippen LogP contribution in [-0.2, 0) is 9.47 Å². The van der Waals surface area contributed by atoms with Gasteiger partial charge in [0.25, 0.3) is 0 Å². The van der Waals surface area contributed by atoms with Crippen LogP contribution in [0.2, 0.25) is 0 Å². The molecule has 4 nitrogen and oxygen atoms in total. The summed E-state index contributed by atoms with van der Waals surface area (Å²) in [7, 11) is 3.56. The number of nitrogens with zero attached hydrogens (tertiary/aromatic N) is 1. The van der Waals surface area contributed by atoms with E-state index in [1.54, 1.807) is 14.2 Å². The van der Waals surface area contributed by atoms with Crippen LogP contribution in [0.25, 0.3) is 0 Å². The third-order valence-electron chi connectivity index (χ3n) is 4.49. The van der Waals surface area contributed by atoms with Crippen LogP contribution in [0.15, 0.2) is 0 Å². The fraction of sp³-hybridized carbons (Fsp3) is 1.00. The molecule has 4 atom stereocenters. The third-order valence-corrected chi connectivity index (χ3v) is 4.49. The van der Waals surface area contributed by atoms with E-state index in [-0.39, 0.29) is 12.2 Å². The lowest BCUT2D eigenvalue weighted by molar-refractivity contribution is -0.00461. The minimum absolute atomic E-state index is 0.223. The smallest absolute Gasteiger partial charge is 0.0971 e. The lowest BCUT2D eigenvalue weighted by atomic mass is 9.84. The van der Waals surface area contributed by atoms with Gasteiger partial charge in [0.1, 0.15) is 0 Å². The summed E-state index contributed by atoms with van der Waals surface area (Å²) in [6, 6.07) is 0.645. The molecule has 0 aromatic rings. The zero-order valence-corrected chi connectivity index (χ0v) is 11.1. The van der Waals surface area contributed by atoms with Gasteiger partial charge in [0, 0.05) is 33.4 Å². The Labute approximate surface area is 104 Å². The summed E-state index contributed by atoms with van der Waals surface area (Å²) in [6.45, 7) is 2.81. The predicted molar refractivity (Wildman–Crippen MR) is 68.0 cm³/mol.